The van der Waals surface area contributed by atoms with Crippen LogP contribution >= 0.6 is 0 Å². The second kappa shape index (κ2) is 9.69. The lowest BCUT2D eigenvalue weighted by Crippen LogP contribution is -2.40. The number of rotatable bonds is 6. The van der Waals surface area contributed by atoms with E-state index in [0.29, 0.717) is 28.1 Å². The van der Waals surface area contributed by atoms with Crippen LogP contribution in [-0.4, -0.2) is 25.8 Å². The first-order valence-electron chi connectivity index (χ1n) is 10.8. The molecule has 0 spiro atoms. The highest BCUT2D eigenvalue weighted by Gasteiger charge is 2.20. The molecule has 0 heterocycles. The summed E-state index contributed by atoms with van der Waals surface area (Å²) in [5.41, 5.74) is 2.57. The summed E-state index contributed by atoms with van der Waals surface area (Å²) in [6.07, 6.45) is 0. The minimum Gasteiger partial charge on any atom is -0.347 e. The predicted molar refractivity (Wildman–Crippen MR) is 135 cm³/mol. The van der Waals surface area contributed by atoms with Crippen LogP contribution < -0.4 is 15.4 Å². The average Bonchev–Trinajstić information content (AvgIpc) is 2.74. The summed E-state index contributed by atoms with van der Waals surface area (Å²) in [6.45, 7) is 9.23. The first kappa shape index (κ1) is 25.0. The second-order valence-electron chi connectivity index (χ2n) is 9.15. The maximum absolute atomic E-state index is 12.9. The molecular weight excluding hydrogens is 450 g/mol. The molecule has 0 aromatic heterocycles. The molecule has 3 rings (SSSR count). The Kier molecular flexibility index (Phi) is 7.12. The summed E-state index contributed by atoms with van der Waals surface area (Å²) in [6, 6.07) is 18.0. The van der Waals surface area contributed by atoms with Crippen molar-refractivity contribution in [1.82, 2.24) is 5.32 Å². The predicted octanol–water partition coefficient (Wildman–Crippen LogP) is 4.88. The average molecular weight is 480 g/mol. The Morgan fingerprint density at radius 2 is 1.44 bits per heavy atom. The van der Waals surface area contributed by atoms with E-state index in [1.807, 2.05) is 27.7 Å². The van der Waals surface area contributed by atoms with Crippen molar-refractivity contribution in [2.24, 2.45) is 0 Å². The maximum Gasteiger partial charge on any atom is 0.261 e. The molecule has 0 saturated carbocycles. The molecule has 0 aliphatic heterocycles. The number of benzene rings is 3. The Hall–Kier alpha value is -3.65. The molecule has 34 heavy (non-hydrogen) atoms. The fourth-order valence-electron chi connectivity index (χ4n) is 3.23. The van der Waals surface area contributed by atoms with Gasteiger partial charge in [-0.1, -0.05) is 29.8 Å². The Morgan fingerprint density at radius 1 is 0.794 bits per heavy atom. The normalized spacial score (nSPS) is 11.6. The number of sulfonamides is 1. The van der Waals surface area contributed by atoms with Gasteiger partial charge in [-0.3, -0.25) is 14.3 Å². The highest BCUT2D eigenvalue weighted by molar-refractivity contribution is 7.92. The Bertz CT molecular complexity index is 1320. The van der Waals surface area contributed by atoms with Gasteiger partial charge in [0.05, 0.1) is 21.8 Å². The number of aryl methyl sites for hydroxylation is 2. The zero-order valence-electron chi connectivity index (χ0n) is 19.9. The molecule has 3 aromatic carbocycles. The number of hydrogen-bond donors (Lipinski definition) is 3. The molecule has 8 heteroatoms. The number of para-hydroxylation sites is 1. The quantitative estimate of drug-likeness (QED) is 0.468. The molecule has 3 aromatic rings. The first-order chi connectivity index (χ1) is 15.9. The SMILES string of the molecule is Cc1ccc(S(=O)(=O)Nc2ccc(C(=O)Nc3ccccc3C(=O)NC(C)(C)C)cc2C)cc1. The van der Waals surface area contributed by atoms with Crippen molar-refractivity contribution in [3.05, 3.63) is 89.0 Å². The summed E-state index contributed by atoms with van der Waals surface area (Å²) in [5, 5.41) is 5.67. The fraction of sp³-hybridized carbons (Fsp3) is 0.231. The van der Waals surface area contributed by atoms with Gasteiger partial charge in [-0.25, -0.2) is 8.42 Å². The number of nitrogens with one attached hydrogen (secondary N) is 3. The van der Waals surface area contributed by atoms with Crippen LogP contribution in [0.3, 0.4) is 0 Å². The number of carbonyl (C=O) groups is 2. The van der Waals surface area contributed by atoms with Crippen LogP contribution in [0, 0.1) is 13.8 Å². The van der Waals surface area contributed by atoms with Crippen LogP contribution in [0.1, 0.15) is 52.6 Å². The third-order valence-corrected chi connectivity index (χ3v) is 6.35. The largest absolute Gasteiger partial charge is 0.347 e. The second-order valence-corrected chi connectivity index (χ2v) is 10.8. The lowest BCUT2D eigenvalue weighted by molar-refractivity contribution is 0.0920. The van der Waals surface area contributed by atoms with E-state index in [1.54, 1.807) is 67.6 Å². The molecule has 178 valence electrons. The zero-order chi connectivity index (χ0) is 25.1. The number of amides is 2. The maximum atomic E-state index is 12.9. The van der Waals surface area contributed by atoms with Crippen LogP contribution in [0.25, 0.3) is 0 Å². The summed E-state index contributed by atoms with van der Waals surface area (Å²) >= 11 is 0. The molecule has 0 unspecified atom stereocenters. The highest BCUT2D eigenvalue weighted by Crippen LogP contribution is 2.23. The first-order valence-corrected chi connectivity index (χ1v) is 12.3. The van der Waals surface area contributed by atoms with Crippen LogP contribution in [0.5, 0.6) is 0 Å². The Morgan fingerprint density at radius 3 is 2.06 bits per heavy atom. The molecule has 7 nitrogen and oxygen atoms in total. The number of anilines is 2. The van der Waals surface area contributed by atoms with Gasteiger partial charge in [0.2, 0.25) is 0 Å². The van der Waals surface area contributed by atoms with Gasteiger partial charge in [-0.15, -0.1) is 0 Å². The van der Waals surface area contributed by atoms with E-state index in [4.69, 9.17) is 0 Å². The van der Waals surface area contributed by atoms with Crippen molar-refractivity contribution in [1.29, 1.82) is 0 Å². The molecule has 0 bridgehead atoms. The van der Waals surface area contributed by atoms with Crippen molar-refractivity contribution >= 4 is 33.2 Å². The van der Waals surface area contributed by atoms with Gasteiger partial charge >= 0.3 is 0 Å². The number of hydrogen-bond acceptors (Lipinski definition) is 4. The van der Waals surface area contributed by atoms with Crippen molar-refractivity contribution in [2.75, 3.05) is 10.0 Å². The molecule has 0 saturated heterocycles. The van der Waals surface area contributed by atoms with E-state index >= 15 is 0 Å². The van der Waals surface area contributed by atoms with E-state index in [-0.39, 0.29) is 10.8 Å². The fourth-order valence-corrected chi connectivity index (χ4v) is 4.36. The summed E-state index contributed by atoms with van der Waals surface area (Å²) in [4.78, 5) is 25.7. The smallest absolute Gasteiger partial charge is 0.261 e. The lowest BCUT2D eigenvalue weighted by atomic mass is 10.1. The molecule has 0 radical (unpaired) electrons. The Labute approximate surface area is 200 Å². The van der Waals surface area contributed by atoms with Crippen molar-refractivity contribution in [3.8, 4) is 0 Å². The van der Waals surface area contributed by atoms with E-state index in [0.717, 1.165) is 5.56 Å². The minimum atomic E-state index is -3.76. The Balaban J connectivity index is 1.79. The molecule has 2 amide bonds. The number of carbonyl (C=O) groups excluding carboxylic acids is 2. The highest BCUT2D eigenvalue weighted by atomic mass is 32.2. The van der Waals surface area contributed by atoms with Crippen LogP contribution in [0.15, 0.2) is 71.6 Å². The monoisotopic (exact) mass is 479 g/mol. The van der Waals surface area contributed by atoms with Gasteiger partial charge in [0.25, 0.3) is 21.8 Å². The topological polar surface area (TPSA) is 104 Å². The molecule has 3 N–H and O–H groups in total. The van der Waals surface area contributed by atoms with Gasteiger partial charge in [0.1, 0.15) is 0 Å². The zero-order valence-corrected chi connectivity index (χ0v) is 20.7. The van der Waals surface area contributed by atoms with E-state index in [9.17, 15) is 18.0 Å². The van der Waals surface area contributed by atoms with Gasteiger partial charge < -0.3 is 10.6 Å². The van der Waals surface area contributed by atoms with Crippen LogP contribution in [-0.2, 0) is 10.0 Å². The van der Waals surface area contributed by atoms with Gasteiger partial charge in [0.15, 0.2) is 0 Å². The van der Waals surface area contributed by atoms with E-state index < -0.39 is 21.5 Å². The molecule has 0 atom stereocenters. The lowest BCUT2D eigenvalue weighted by Gasteiger charge is -2.21. The van der Waals surface area contributed by atoms with Gasteiger partial charge in [-0.05, 0) is 82.6 Å². The van der Waals surface area contributed by atoms with E-state index in [2.05, 4.69) is 15.4 Å². The van der Waals surface area contributed by atoms with E-state index in [1.165, 1.54) is 6.07 Å². The summed E-state index contributed by atoms with van der Waals surface area (Å²) in [5.74, 6) is -0.701. The van der Waals surface area contributed by atoms with Crippen LogP contribution in [0.2, 0.25) is 0 Å². The molecular formula is C26H29N3O4S. The van der Waals surface area contributed by atoms with Crippen molar-refractivity contribution in [3.63, 3.8) is 0 Å². The van der Waals surface area contributed by atoms with Crippen molar-refractivity contribution < 1.29 is 18.0 Å². The summed E-state index contributed by atoms with van der Waals surface area (Å²) < 4.78 is 28.0. The molecule has 0 fully saturated rings. The van der Waals surface area contributed by atoms with Gasteiger partial charge in [0, 0.05) is 11.1 Å². The third-order valence-electron chi connectivity index (χ3n) is 4.97. The standard InChI is InChI=1S/C26H29N3O4S/c1-17-10-13-20(14-11-17)34(32,33)29-22-15-12-19(16-18(22)2)24(30)27-23-9-7-6-8-21(23)25(31)28-26(3,4)5/h6-16,29H,1-5H3,(H,27,30)(H,28,31). The van der Waals surface area contributed by atoms with Crippen LogP contribution in [0.4, 0.5) is 11.4 Å². The van der Waals surface area contributed by atoms with Gasteiger partial charge in [-0.2, -0.15) is 0 Å². The molecule has 0 aliphatic carbocycles. The summed E-state index contributed by atoms with van der Waals surface area (Å²) in [7, 11) is -3.76. The molecule has 0 aliphatic rings. The third kappa shape index (κ3) is 6.23. The minimum absolute atomic E-state index is 0.157. The van der Waals surface area contributed by atoms with Crippen molar-refractivity contribution in [2.45, 2.75) is 45.1 Å².